The average Bonchev–Trinajstić information content (AvgIpc) is 2.27. The Labute approximate surface area is 97.3 Å². The molecule has 0 heterocycles. The highest BCUT2D eigenvalue weighted by Gasteiger charge is 2.04. The fourth-order valence-corrected chi connectivity index (χ4v) is 2.28. The Hall–Kier alpha value is -1.15. The predicted molar refractivity (Wildman–Crippen MR) is 66.9 cm³/mol. The van der Waals surface area contributed by atoms with Crippen molar-refractivity contribution in [2.75, 3.05) is 12.8 Å². The van der Waals surface area contributed by atoms with E-state index in [4.69, 9.17) is 7.48 Å². The Balaban J connectivity index is 2.58. The zero-order chi connectivity index (χ0) is 12.5. The molecule has 1 atom stereocenters. The third-order valence-corrected chi connectivity index (χ3v) is 3.05. The van der Waals surface area contributed by atoms with Gasteiger partial charge in [-0.15, -0.1) is 11.8 Å². The van der Waals surface area contributed by atoms with Crippen LogP contribution in [0.15, 0.2) is 41.3 Å². The predicted octanol–water partition coefficient (Wildman–Crippen LogP) is 3.96. The lowest BCUT2D eigenvalue weighted by Crippen LogP contribution is -1.85. The summed E-state index contributed by atoms with van der Waals surface area (Å²) < 4.78 is 20.6. The first-order valence-corrected chi connectivity index (χ1v) is 5.58. The SMILES string of the molecule is [1H][13C@@]([2H])(C)Sc1cccc2c(OC)cccc12. The minimum Gasteiger partial charge on any atom is -0.496 e. The van der Waals surface area contributed by atoms with Gasteiger partial charge in [-0.25, -0.2) is 0 Å². The fourth-order valence-electron chi connectivity index (χ4n) is 1.63. The van der Waals surface area contributed by atoms with Crippen LogP contribution < -0.4 is 4.74 Å². The second kappa shape index (κ2) is 4.58. The molecule has 1 nitrogen and oxygen atoms in total. The standard InChI is InChI=1S/C13H14OS/c1-3-15-13-9-5-6-10-11(13)7-4-8-12(10)14-2/h4-9H,3H2,1-2H3/i3+1DH/t3-/m1/s1. The van der Waals surface area contributed by atoms with E-state index >= 15 is 0 Å². The van der Waals surface area contributed by atoms with Gasteiger partial charge in [-0.1, -0.05) is 31.2 Å². The molecule has 0 aliphatic carbocycles. The molecule has 2 heteroatoms. The van der Waals surface area contributed by atoms with E-state index in [1.165, 1.54) is 11.8 Å². The Morgan fingerprint density at radius 1 is 1.33 bits per heavy atom. The highest BCUT2D eigenvalue weighted by Crippen LogP contribution is 2.32. The fraction of sp³-hybridized carbons (Fsp3) is 0.231. The second-order valence-electron chi connectivity index (χ2n) is 3.12. The molecule has 0 aliphatic rings. The minimum absolute atomic E-state index is 0.821. The van der Waals surface area contributed by atoms with E-state index in [-0.39, 0.29) is 0 Å². The van der Waals surface area contributed by atoms with Crippen molar-refractivity contribution in [3.05, 3.63) is 36.4 Å². The summed E-state index contributed by atoms with van der Waals surface area (Å²) in [7, 11) is 1.65. The third-order valence-electron chi connectivity index (χ3n) is 2.27. The second-order valence-corrected chi connectivity index (χ2v) is 4.17. The number of thioether (sulfide) groups is 1. The van der Waals surface area contributed by atoms with Crippen LogP contribution in [0.2, 0.25) is 0 Å². The Bertz CT molecular complexity index is 534. The quantitative estimate of drug-likeness (QED) is 0.572. The topological polar surface area (TPSA) is 9.23 Å². The van der Waals surface area contributed by atoms with Crippen molar-refractivity contribution in [2.24, 2.45) is 0 Å². The lowest BCUT2D eigenvalue weighted by atomic mass is 10.1. The van der Waals surface area contributed by atoms with Crippen LogP contribution in [0, 0.1) is 0 Å². The van der Waals surface area contributed by atoms with Gasteiger partial charge in [0.05, 0.1) is 7.11 Å². The van der Waals surface area contributed by atoms with Crippen molar-refractivity contribution >= 4 is 22.5 Å². The largest absolute Gasteiger partial charge is 0.496 e. The summed E-state index contributed by atoms with van der Waals surface area (Å²) in [5.74, 6) is 0.821. The Morgan fingerprint density at radius 3 is 2.80 bits per heavy atom. The van der Waals surface area contributed by atoms with Crippen molar-refractivity contribution in [3.8, 4) is 5.75 Å². The number of hydrogen-bond donors (Lipinski definition) is 0. The summed E-state index contributed by atoms with van der Waals surface area (Å²) in [5.41, 5.74) is -1.28. The van der Waals surface area contributed by atoms with Gasteiger partial charge in [0, 0.05) is 13.0 Å². The van der Waals surface area contributed by atoms with Crippen molar-refractivity contribution < 1.29 is 7.48 Å². The molecule has 2 rings (SSSR count). The third kappa shape index (κ3) is 1.95. The highest BCUT2D eigenvalue weighted by molar-refractivity contribution is 7.99. The van der Waals surface area contributed by atoms with Crippen LogP contribution in [0.4, 0.5) is 0 Å². The molecular formula is C13H14OS. The van der Waals surface area contributed by atoms with Crippen LogP contribution in [0.1, 0.15) is 9.67 Å². The number of fused-ring (bicyclic) bond motifs is 1. The van der Waals surface area contributed by atoms with Crippen LogP contribution >= 0.6 is 11.8 Å². The van der Waals surface area contributed by atoms with E-state index in [1.54, 1.807) is 14.0 Å². The first-order valence-electron chi connectivity index (χ1n) is 5.76. The Kier molecular flexibility index (Phi) is 2.46. The van der Waals surface area contributed by atoms with E-state index < -0.39 is 5.70 Å². The molecular weight excluding hydrogens is 205 g/mol. The molecule has 15 heavy (non-hydrogen) atoms. The summed E-state index contributed by atoms with van der Waals surface area (Å²) >= 11 is 1.23. The molecule has 0 fully saturated rings. The smallest absolute Gasteiger partial charge is 0.126 e. The zero-order valence-electron chi connectivity index (χ0n) is 10.8. The van der Waals surface area contributed by atoms with Crippen LogP contribution in [-0.4, -0.2) is 12.8 Å². The maximum Gasteiger partial charge on any atom is 0.126 e. The lowest BCUT2D eigenvalue weighted by molar-refractivity contribution is 0.420. The van der Waals surface area contributed by atoms with Gasteiger partial charge in [0.1, 0.15) is 5.75 Å². The molecule has 0 aliphatic heterocycles. The molecule has 0 saturated carbocycles. The van der Waals surface area contributed by atoms with E-state index in [9.17, 15) is 0 Å². The number of hydrogen-bond acceptors (Lipinski definition) is 2. The average molecular weight is 220 g/mol. The Morgan fingerprint density at radius 2 is 2.07 bits per heavy atom. The van der Waals surface area contributed by atoms with Crippen molar-refractivity contribution in [1.82, 2.24) is 0 Å². The van der Waals surface area contributed by atoms with Crippen molar-refractivity contribution in [1.29, 1.82) is 0 Å². The molecule has 2 aromatic rings. The minimum atomic E-state index is -1.28. The van der Waals surface area contributed by atoms with Gasteiger partial charge in [-0.3, -0.25) is 0 Å². The normalized spacial score (nSPS) is 16.7. The number of rotatable bonds is 3. The van der Waals surface area contributed by atoms with Crippen LogP contribution in [0.25, 0.3) is 10.8 Å². The maximum absolute atomic E-state index is 7.64. The van der Waals surface area contributed by atoms with Gasteiger partial charge < -0.3 is 4.74 Å². The van der Waals surface area contributed by atoms with Gasteiger partial charge in [-0.2, -0.15) is 0 Å². The van der Waals surface area contributed by atoms with Gasteiger partial charge >= 0.3 is 0 Å². The molecule has 0 saturated heterocycles. The van der Waals surface area contributed by atoms with E-state index in [2.05, 4.69) is 0 Å². The zero-order valence-corrected chi connectivity index (χ0v) is 9.60. The van der Waals surface area contributed by atoms with Gasteiger partial charge in [0.25, 0.3) is 0 Å². The molecule has 0 aromatic heterocycles. The van der Waals surface area contributed by atoms with E-state index in [1.807, 2.05) is 36.4 Å². The molecule has 0 radical (unpaired) electrons. The molecule has 0 N–H and O–H groups in total. The van der Waals surface area contributed by atoms with Crippen molar-refractivity contribution in [3.63, 3.8) is 0 Å². The maximum atomic E-state index is 7.64. The first kappa shape index (κ1) is 8.05. The van der Waals surface area contributed by atoms with Crippen LogP contribution in [-0.2, 0) is 0 Å². The number of methoxy groups -OCH3 is 1. The first-order chi connectivity index (χ1) is 8.01. The molecule has 2 aromatic carbocycles. The molecule has 0 spiro atoms. The molecule has 0 amide bonds. The monoisotopic (exact) mass is 220 g/mol. The van der Waals surface area contributed by atoms with Crippen LogP contribution in [0.3, 0.4) is 0 Å². The molecule has 0 bridgehead atoms. The number of ether oxygens (including phenoxy) is 1. The summed E-state index contributed by atoms with van der Waals surface area (Å²) in [6.45, 7) is 1.57. The van der Waals surface area contributed by atoms with E-state index in [0.29, 0.717) is 0 Å². The van der Waals surface area contributed by atoms with Crippen LogP contribution in [0.5, 0.6) is 5.75 Å². The summed E-state index contributed by atoms with van der Waals surface area (Å²) in [6, 6.07) is 11.7. The lowest BCUT2D eigenvalue weighted by Gasteiger charge is -2.08. The van der Waals surface area contributed by atoms with Crippen molar-refractivity contribution in [2.45, 2.75) is 11.8 Å². The molecule has 78 valence electrons. The van der Waals surface area contributed by atoms with Gasteiger partial charge in [0.15, 0.2) is 0 Å². The highest BCUT2D eigenvalue weighted by atomic mass is 32.2. The van der Waals surface area contributed by atoms with E-state index in [0.717, 1.165) is 21.4 Å². The number of benzene rings is 2. The summed E-state index contributed by atoms with van der Waals surface area (Å²) in [5, 5.41) is 2.05. The van der Waals surface area contributed by atoms with Gasteiger partial charge in [-0.05, 0) is 23.2 Å². The molecule has 0 unspecified atom stereocenters. The van der Waals surface area contributed by atoms with Gasteiger partial charge in [0.2, 0.25) is 0 Å². The summed E-state index contributed by atoms with van der Waals surface area (Å²) in [6.07, 6.45) is 0. The summed E-state index contributed by atoms with van der Waals surface area (Å²) in [4.78, 5) is 0.939.